The van der Waals surface area contributed by atoms with E-state index < -0.39 is 16.2 Å². The molecule has 1 unspecified atom stereocenters. The average molecular weight is 228 g/mol. The summed E-state index contributed by atoms with van der Waals surface area (Å²) in [7, 11) is -0.897. The summed E-state index contributed by atoms with van der Waals surface area (Å²) in [5.74, 6) is 0.265. The van der Waals surface area contributed by atoms with Crippen molar-refractivity contribution in [2.75, 3.05) is 18.6 Å². The van der Waals surface area contributed by atoms with Gasteiger partial charge in [0.25, 0.3) is 0 Å². The number of rotatable bonds is 4. The van der Waals surface area contributed by atoms with Crippen LogP contribution in [-0.4, -0.2) is 28.7 Å². The van der Waals surface area contributed by atoms with E-state index in [9.17, 15) is 9.00 Å². The second kappa shape index (κ2) is 5.26. The van der Waals surface area contributed by atoms with Gasteiger partial charge in [0, 0.05) is 29.4 Å². The fraction of sp³-hybridized carbons (Fsp3) is 0.800. The SMILES string of the molecule is CS(=O)CCNC(=O)C1(C#N)CCCC1. The van der Waals surface area contributed by atoms with Gasteiger partial charge in [-0.2, -0.15) is 5.26 Å². The van der Waals surface area contributed by atoms with Crippen LogP contribution in [0, 0.1) is 16.7 Å². The highest BCUT2D eigenvalue weighted by Crippen LogP contribution is 2.37. The van der Waals surface area contributed by atoms with Crippen molar-refractivity contribution in [3.05, 3.63) is 0 Å². The van der Waals surface area contributed by atoms with Crippen LogP contribution in [0.3, 0.4) is 0 Å². The van der Waals surface area contributed by atoms with Gasteiger partial charge >= 0.3 is 0 Å². The molecule has 1 amide bonds. The number of hydrogen-bond acceptors (Lipinski definition) is 3. The predicted molar refractivity (Wildman–Crippen MR) is 58.5 cm³/mol. The second-order valence-corrected chi connectivity index (χ2v) is 5.49. The van der Waals surface area contributed by atoms with E-state index in [1.54, 1.807) is 6.26 Å². The zero-order valence-corrected chi connectivity index (χ0v) is 9.73. The Kier molecular flexibility index (Phi) is 4.28. The molecule has 5 heteroatoms. The minimum Gasteiger partial charge on any atom is -0.354 e. The summed E-state index contributed by atoms with van der Waals surface area (Å²) < 4.78 is 10.8. The third-order valence-electron chi connectivity index (χ3n) is 2.78. The highest BCUT2D eigenvalue weighted by atomic mass is 32.2. The number of nitrogens with one attached hydrogen (secondary N) is 1. The van der Waals surface area contributed by atoms with Gasteiger partial charge in [-0.1, -0.05) is 12.8 Å². The molecular weight excluding hydrogens is 212 g/mol. The van der Waals surface area contributed by atoms with Crippen molar-refractivity contribution in [1.82, 2.24) is 5.32 Å². The quantitative estimate of drug-likeness (QED) is 0.764. The number of nitriles is 1. The largest absolute Gasteiger partial charge is 0.354 e. The first-order valence-electron chi connectivity index (χ1n) is 5.10. The Morgan fingerprint density at radius 3 is 2.60 bits per heavy atom. The summed E-state index contributed by atoms with van der Waals surface area (Å²) in [4.78, 5) is 11.7. The molecule has 15 heavy (non-hydrogen) atoms. The van der Waals surface area contributed by atoms with Gasteiger partial charge in [0.2, 0.25) is 5.91 Å². The number of amides is 1. The Hall–Kier alpha value is -0.890. The lowest BCUT2D eigenvalue weighted by Crippen LogP contribution is -2.39. The lowest BCUT2D eigenvalue weighted by molar-refractivity contribution is -0.127. The van der Waals surface area contributed by atoms with Gasteiger partial charge in [-0.3, -0.25) is 9.00 Å². The molecule has 1 rings (SSSR count). The molecule has 0 aliphatic heterocycles. The van der Waals surface area contributed by atoms with Crippen molar-refractivity contribution in [3.8, 4) is 6.07 Å². The van der Waals surface area contributed by atoms with E-state index in [2.05, 4.69) is 11.4 Å². The molecule has 0 bridgehead atoms. The third-order valence-corrected chi connectivity index (χ3v) is 3.56. The molecule has 0 aromatic rings. The van der Waals surface area contributed by atoms with Gasteiger partial charge in [0.1, 0.15) is 5.41 Å². The standard InChI is InChI=1S/C10H16N2O2S/c1-15(14)7-6-12-9(13)10(8-11)4-2-3-5-10/h2-7H2,1H3,(H,12,13). The number of nitrogens with zero attached hydrogens (tertiary/aromatic N) is 1. The van der Waals surface area contributed by atoms with Crippen molar-refractivity contribution in [2.45, 2.75) is 25.7 Å². The third kappa shape index (κ3) is 3.03. The minimum atomic E-state index is -0.897. The van der Waals surface area contributed by atoms with Gasteiger partial charge in [-0.05, 0) is 12.8 Å². The number of hydrogen-bond donors (Lipinski definition) is 1. The van der Waals surface area contributed by atoms with Crippen molar-refractivity contribution in [2.24, 2.45) is 5.41 Å². The van der Waals surface area contributed by atoms with E-state index in [1.165, 1.54) is 0 Å². The number of carbonyl (C=O) groups excluding carboxylic acids is 1. The summed E-state index contributed by atoms with van der Waals surface area (Å²) in [5, 5.41) is 11.7. The fourth-order valence-electron chi connectivity index (χ4n) is 1.85. The summed E-state index contributed by atoms with van der Waals surface area (Å²) >= 11 is 0. The zero-order valence-electron chi connectivity index (χ0n) is 8.91. The molecule has 0 aromatic carbocycles. The lowest BCUT2D eigenvalue weighted by Gasteiger charge is -2.18. The van der Waals surface area contributed by atoms with Crippen LogP contribution in [0.4, 0.5) is 0 Å². The topological polar surface area (TPSA) is 70.0 Å². The fourth-order valence-corrected chi connectivity index (χ4v) is 2.24. The van der Waals surface area contributed by atoms with Gasteiger partial charge in [-0.25, -0.2) is 0 Å². The molecule has 0 saturated heterocycles. The Morgan fingerprint density at radius 2 is 2.13 bits per heavy atom. The molecule has 1 fully saturated rings. The van der Waals surface area contributed by atoms with Crippen LogP contribution in [-0.2, 0) is 15.6 Å². The van der Waals surface area contributed by atoms with Crippen molar-refractivity contribution < 1.29 is 9.00 Å². The average Bonchev–Trinajstić information content (AvgIpc) is 2.66. The van der Waals surface area contributed by atoms with Crippen LogP contribution >= 0.6 is 0 Å². The normalized spacial score (nSPS) is 20.5. The van der Waals surface area contributed by atoms with E-state index in [4.69, 9.17) is 5.26 Å². The van der Waals surface area contributed by atoms with Crippen LogP contribution in [0.2, 0.25) is 0 Å². The van der Waals surface area contributed by atoms with E-state index in [0.29, 0.717) is 25.1 Å². The summed E-state index contributed by atoms with van der Waals surface area (Å²) in [5.41, 5.74) is -0.810. The lowest BCUT2D eigenvalue weighted by atomic mass is 9.87. The monoisotopic (exact) mass is 228 g/mol. The van der Waals surface area contributed by atoms with Crippen molar-refractivity contribution in [3.63, 3.8) is 0 Å². The van der Waals surface area contributed by atoms with Gasteiger partial charge in [0.15, 0.2) is 0 Å². The molecule has 4 nitrogen and oxygen atoms in total. The summed E-state index contributed by atoms with van der Waals surface area (Å²) in [6, 6.07) is 2.13. The Balaban J connectivity index is 2.45. The minimum absolute atomic E-state index is 0.187. The highest BCUT2D eigenvalue weighted by molar-refractivity contribution is 7.84. The smallest absolute Gasteiger partial charge is 0.240 e. The zero-order chi connectivity index (χ0) is 11.3. The molecule has 0 aromatic heterocycles. The Labute approximate surface area is 92.5 Å². The molecule has 1 saturated carbocycles. The summed E-state index contributed by atoms with van der Waals surface area (Å²) in [6.07, 6.45) is 4.80. The van der Waals surface area contributed by atoms with Gasteiger partial charge in [-0.15, -0.1) is 0 Å². The van der Waals surface area contributed by atoms with Crippen molar-refractivity contribution >= 4 is 16.7 Å². The van der Waals surface area contributed by atoms with E-state index in [0.717, 1.165) is 12.8 Å². The van der Waals surface area contributed by atoms with E-state index >= 15 is 0 Å². The second-order valence-electron chi connectivity index (χ2n) is 3.93. The molecular formula is C10H16N2O2S. The van der Waals surface area contributed by atoms with Crippen LogP contribution in [0.25, 0.3) is 0 Å². The molecule has 1 N–H and O–H groups in total. The maximum Gasteiger partial charge on any atom is 0.240 e. The first-order valence-corrected chi connectivity index (χ1v) is 6.83. The first-order chi connectivity index (χ1) is 7.10. The van der Waals surface area contributed by atoms with Crippen LogP contribution < -0.4 is 5.32 Å². The van der Waals surface area contributed by atoms with Crippen molar-refractivity contribution in [1.29, 1.82) is 5.26 Å². The highest BCUT2D eigenvalue weighted by Gasteiger charge is 2.41. The maximum atomic E-state index is 11.7. The molecule has 1 aliphatic rings. The molecule has 84 valence electrons. The number of carbonyl (C=O) groups is 1. The van der Waals surface area contributed by atoms with Gasteiger partial charge in [0.05, 0.1) is 6.07 Å². The molecule has 1 aliphatic carbocycles. The van der Waals surface area contributed by atoms with Crippen LogP contribution in [0.1, 0.15) is 25.7 Å². The molecule has 0 heterocycles. The summed E-state index contributed by atoms with van der Waals surface area (Å²) in [6.45, 7) is 0.394. The van der Waals surface area contributed by atoms with Crippen LogP contribution in [0.15, 0.2) is 0 Å². The Morgan fingerprint density at radius 1 is 1.53 bits per heavy atom. The predicted octanol–water partition coefficient (Wildman–Crippen LogP) is 0.565. The molecule has 1 atom stereocenters. The maximum absolute atomic E-state index is 11.7. The Bertz CT molecular complexity index is 303. The van der Waals surface area contributed by atoms with E-state index in [1.807, 2.05) is 0 Å². The first kappa shape index (κ1) is 12.2. The molecule has 0 radical (unpaired) electrons. The van der Waals surface area contributed by atoms with E-state index in [-0.39, 0.29) is 5.91 Å². The van der Waals surface area contributed by atoms with Gasteiger partial charge < -0.3 is 5.32 Å². The van der Waals surface area contributed by atoms with Crippen LogP contribution in [0.5, 0.6) is 0 Å². The molecule has 0 spiro atoms.